The monoisotopic (exact) mass is 350 g/mol. The standard InChI is InChI=1S/C19H14N2O3S/c1-14-7-9-17(10-8-14)25(22,23)24-19-11-16(13-21-18(19)12-20)15-5-3-2-4-6-15/h2-11,13H,1H3. The number of aromatic nitrogens is 1. The van der Waals surface area contributed by atoms with Gasteiger partial charge < -0.3 is 4.18 Å². The Morgan fingerprint density at radius 1 is 1.00 bits per heavy atom. The average molecular weight is 350 g/mol. The summed E-state index contributed by atoms with van der Waals surface area (Å²) in [6.07, 6.45) is 1.51. The van der Waals surface area contributed by atoms with Crippen LogP contribution in [0.1, 0.15) is 11.3 Å². The van der Waals surface area contributed by atoms with Crippen LogP contribution in [-0.4, -0.2) is 13.4 Å². The van der Waals surface area contributed by atoms with E-state index in [9.17, 15) is 13.7 Å². The number of benzene rings is 2. The number of nitrogens with zero attached hydrogens (tertiary/aromatic N) is 2. The van der Waals surface area contributed by atoms with Crippen molar-refractivity contribution in [2.75, 3.05) is 0 Å². The Morgan fingerprint density at radius 2 is 1.68 bits per heavy atom. The molecule has 25 heavy (non-hydrogen) atoms. The summed E-state index contributed by atoms with van der Waals surface area (Å²) in [7, 11) is -4.05. The van der Waals surface area contributed by atoms with Crippen LogP contribution < -0.4 is 4.18 Å². The van der Waals surface area contributed by atoms with Crippen molar-refractivity contribution >= 4 is 10.1 Å². The van der Waals surface area contributed by atoms with Crippen LogP contribution in [-0.2, 0) is 10.1 Å². The van der Waals surface area contributed by atoms with Gasteiger partial charge in [-0.25, -0.2) is 4.98 Å². The van der Waals surface area contributed by atoms with Crippen molar-refractivity contribution in [3.63, 3.8) is 0 Å². The molecule has 0 N–H and O–H groups in total. The van der Waals surface area contributed by atoms with E-state index in [1.54, 1.807) is 12.1 Å². The van der Waals surface area contributed by atoms with Crippen molar-refractivity contribution in [1.29, 1.82) is 5.26 Å². The summed E-state index contributed by atoms with van der Waals surface area (Å²) >= 11 is 0. The Morgan fingerprint density at radius 3 is 2.32 bits per heavy atom. The minimum atomic E-state index is -4.05. The van der Waals surface area contributed by atoms with Crippen molar-refractivity contribution in [2.45, 2.75) is 11.8 Å². The minimum Gasteiger partial charge on any atom is -0.376 e. The molecule has 0 bridgehead atoms. The quantitative estimate of drug-likeness (QED) is 0.670. The molecule has 0 aliphatic carbocycles. The van der Waals surface area contributed by atoms with Crippen LogP contribution in [0.25, 0.3) is 11.1 Å². The summed E-state index contributed by atoms with van der Waals surface area (Å²) in [5.74, 6) is -0.0931. The summed E-state index contributed by atoms with van der Waals surface area (Å²) in [5.41, 5.74) is 2.35. The third-order valence-corrected chi connectivity index (χ3v) is 4.82. The molecule has 1 aromatic heterocycles. The fourth-order valence-electron chi connectivity index (χ4n) is 2.25. The Kier molecular flexibility index (Phi) is 4.50. The highest BCUT2D eigenvalue weighted by Crippen LogP contribution is 2.27. The molecule has 0 saturated heterocycles. The zero-order chi connectivity index (χ0) is 17.9. The van der Waals surface area contributed by atoms with E-state index >= 15 is 0 Å². The average Bonchev–Trinajstić information content (AvgIpc) is 2.62. The van der Waals surface area contributed by atoms with E-state index in [2.05, 4.69) is 4.98 Å². The SMILES string of the molecule is Cc1ccc(S(=O)(=O)Oc2cc(-c3ccccc3)cnc2C#N)cc1. The molecule has 2 aromatic carbocycles. The molecule has 0 fully saturated rings. The number of hydrogen-bond donors (Lipinski definition) is 0. The number of hydrogen-bond acceptors (Lipinski definition) is 5. The number of pyridine rings is 1. The first kappa shape index (κ1) is 16.7. The highest BCUT2D eigenvalue weighted by atomic mass is 32.2. The zero-order valence-corrected chi connectivity index (χ0v) is 14.2. The molecule has 0 amide bonds. The molecule has 124 valence electrons. The van der Waals surface area contributed by atoms with Gasteiger partial charge in [-0.05, 0) is 30.7 Å². The van der Waals surface area contributed by atoms with Crippen molar-refractivity contribution in [3.8, 4) is 22.9 Å². The van der Waals surface area contributed by atoms with E-state index < -0.39 is 10.1 Å². The van der Waals surface area contributed by atoms with Gasteiger partial charge in [0.1, 0.15) is 11.0 Å². The number of nitriles is 1. The molecule has 0 spiro atoms. The maximum Gasteiger partial charge on any atom is 0.339 e. The van der Waals surface area contributed by atoms with Crippen LogP contribution in [0.4, 0.5) is 0 Å². The molecule has 0 aliphatic heterocycles. The van der Waals surface area contributed by atoms with E-state index in [4.69, 9.17) is 4.18 Å². The van der Waals surface area contributed by atoms with Crippen LogP contribution >= 0.6 is 0 Å². The van der Waals surface area contributed by atoms with Crippen molar-refractivity contribution in [2.24, 2.45) is 0 Å². The third-order valence-electron chi connectivity index (χ3n) is 3.57. The fourth-order valence-corrected chi connectivity index (χ4v) is 3.18. The lowest BCUT2D eigenvalue weighted by atomic mass is 10.1. The molecule has 0 atom stereocenters. The summed E-state index contributed by atoms with van der Waals surface area (Å²) in [6.45, 7) is 1.86. The van der Waals surface area contributed by atoms with Gasteiger partial charge in [0.2, 0.25) is 0 Å². The van der Waals surface area contributed by atoms with Gasteiger partial charge in [0.25, 0.3) is 0 Å². The smallest absolute Gasteiger partial charge is 0.339 e. The van der Waals surface area contributed by atoms with Crippen LogP contribution in [0.3, 0.4) is 0 Å². The van der Waals surface area contributed by atoms with E-state index in [1.807, 2.05) is 43.3 Å². The predicted octanol–water partition coefficient (Wildman–Crippen LogP) is 3.70. The van der Waals surface area contributed by atoms with Crippen LogP contribution in [0.2, 0.25) is 0 Å². The van der Waals surface area contributed by atoms with E-state index in [0.29, 0.717) is 5.56 Å². The number of rotatable bonds is 4. The van der Waals surface area contributed by atoms with Crippen molar-refractivity contribution in [3.05, 3.63) is 78.1 Å². The van der Waals surface area contributed by atoms with Gasteiger partial charge in [0.05, 0.1) is 0 Å². The van der Waals surface area contributed by atoms with Gasteiger partial charge in [-0.1, -0.05) is 48.0 Å². The first-order chi connectivity index (χ1) is 12.0. The van der Waals surface area contributed by atoms with E-state index in [0.717, 1.165) is 11.1 Å². The Balaban J connectivity index is 2.01. The fraction of sp³-hybridized carbons (Fsp3) is 0.0526. The van der Waals surface area contributed by atoms with Gasteiger partial charge in [0.15, 0.2) is 11.4 Å². The number of aryl methyl sites for hydroxylation is 1. The molecule has 6 heteroatoms. The third kappa shape index (κ3) is 3.67. The Labute approximate surface area is 146 Å². The Bertz CT molecular complexity index is 1040. The molecule has 3 aromatic rings. The highest BCUT2D eigenvalue weighted by Gasteiger charge is 2.20. The highest BCUT2D eigenvalue weighted by molar-refractivity contribution is 7.87. The normalized spacial score (nSPS) is 10.9. The molecule has 0 radical (unpaired) electrons. The lowest BCUT2D eigenvalue weighted by molar-refractivity contribution is 0.484. The van der Waals surface area contributed by atoms with Gasteiger partial charge in [-0.15, -0.1) is 0 Å². The second-order valence-corrected chi connectivity index (χ2v) is 6.95. The topological polar surface area (TPSA) is 80.1 Å². The molecular formula is C19H14N2O3S. The van der Waals surface area contributed by atoms with Gasteiger partial charge >= 0.3 is 10.1 Å². The first-order valence-electron chi connectivity index (χ1n) is 7.46. The molecular weight excluding hydrogens is 336 g/mol. The summed E-state index contributed by atoms with van der Waals surface area (Å²) in [6, 6.07) is 19.0. The molecule has 0 aliphatic rings. The lowest BCUT2D eigenvalue weighted by Crippen LogP contribution is -2.11. The lowest BCUT2D eigenvalue weighted by Gasteiger charge is -2.10. The maximum absolute atomic E-state index is 12.5. The zero-order valence-electron chi connectivity index (χ0n) is 13.4. The van der Waals surface area contributed by atoms with Crippen LogP contribution in [0.5, 0.6) is 5.75 Å². The molecule has 1 heterocycles. The summed E-state index contributed by atoms with van der Waals surface area (Å²) in [4.78, 5) is 4.04. The largest absolute Gasteiger partial charge is 0.376 e. The maximum atomic E-state index is 12.5. The van der Waals surface area contributed by atoms with E-state index in [1.165, 1.54) is 24.4 Å². The summed E-state index contributed by atoms with van der Waals surface area (Å²) < 4.78 is 30.1. The Hall–Kier alpha value is -3.17. The van der Waals surface area contributed by atoms with E-state index in [-0.39, 0.29) is 16.3 Å². The first-order valence-corrected chi connectivity index (χ1v) is 8.87. The van der Waals surface area contributed by atoms with Crippen LogP contribution in [0.15, 0.2) is 71.8 Å². The second-order valence-electron chi connectivity index (χ2n) is 5.40. The molecule has 0 unspecified atom stereocenters. The molecule has 0 saturated carbocycles. The van der Waals surface area contributed by atoms with Crippen molar-refractivity contribution in [1.82, 2.24) is 4.98 Å². The van der Waals surface area contributed by atoms with Crippen molar-refractivity contribution < 1.29 is 12.6 Å². The summed E-state index contributed by atoms with van der Waals surface area (Å²) in [5, 5.41) is 9.20. The minimum absolute atomic E-state index is 0.0205. The predicted molar refractivity (Wildman–Crippen MR) is 93.4 cm³/mol. The second kappa shape index (κ2) is 6.75. The van der Waals surface area contributed by atoms with Gasteiger partial charge in [-0.3, -0.25) is 0 Å². The van der Waals surface area contributed by atoms with Gasteiger partial charge in [-0.2, -0.15) is 13.7 Å². The molecule has 5 nitrogen and oxygen atoms in total. The van der Waals surface area contributed by atoms with Gasteiger partial charge in [0, 0.05) is 11.8 Å². The van der Waals surface area contributed by atoms with Crippen LogP contribution in [0, 0.1) is 18.3 Å². The molecule has 3 rings (SSSR count).